The average Bonchev–Trinajstić information content (AvgIpc) is 2.83. The van der Waals surface area contributed by atoms with Gasteiger partial charge in [-0.3, -0.25) is 0 Å². The summed E-state index contributed by atoms with van der Waals surface area (Å²) < 4.78 is 30.3. The fourth-order valence-electron chi connectivity index (χ4n) is 1.96. The number of sulfone groups is 1. The minimum Gasteiger partial charge on any atom is -0.444 e. The van der Waals surface area contributed by atoms with Gasteiger partial charge in [-0.1, -0.05) is 30.3 Å². The van der Waals surface area contributed by atoms with Gasteiger partial charge in [0.2, 0.25) is 14.9 Å². The number of aryl methyl sites for hydroxylation is 1. The van der Waals surface area contributed by atoms with Gasteiger partial charge >= 0.3 is 0 Å². The lowest BCUT2D eigenvalue weighted by Crippen LogP contribution is -1.99. The molecule has 0 radical (unpaired) electrons. The molecular weight excluding hydrogens is 260 g/mol. The molecule has 0 saturated heterocycles. The molecule has 0 saturated carbocycles. The zero-order chi connectivity index (χ0) is 13.5. The molecule has 2 aromatic carbocycles. The molecule has 0 fully saturated rings. The second-order valence-electron chi connectivity index (χ2n) is 4.42. The van der Waals surface area contributed by atoms with E-state index in [1.54, 1.807) is 36.4 Å². The van der Waals surface area contributed by atoms with Crippen LogP contribution in [0.15, 0.2) is 69.0 Å². The Morgan fingerprint density at radius 2 is 1.68 bits per heavy atom. The van der Waals surface area contributed by atoms with Crippen LogP contribution in [-0.4, -0.2) is 8.42 Å². The summed E-state index contributed by atoms with van der Waals surface area (Å²) in [5, 5.41) is 0.777. The van der Waals surface area contributed by atoms with Crippen molar-refractivity contribution >= 4 is 20.8 Å². The molecule has 0 aliphatic carbocycles. The Labute approximate surface area is 111 Å². The van der Waals surface area contributed by atoms with E-state index in [-0.39, 0.29) is 9.99 Å². The molecule has 4 heteroatoms. The molecule has 0 N–H and O–H groups in total. The van der Waals surface area contributed by atoms with E-state index in [0.717, 1.165) is 10.9 Å². The third kappa shape index (κ3) is 2.04. The molecule has 0 bridgehead atoms. The highest BCUT2D eigenvalue weighted by atomic mass is 32.2. The minimum absolute atomic E-state index is 0.0145. The highest BCUT2D eigenvalue weighted by molar-refractivity contribution is 7.91. The van der Waals surface area contributed by atoms with E-state index in [2.05, 4.69) is 0 Å². The molecule has 1 heterocycles. The van der Waals surface area contributed by atoms with Crippen molar-refractivity contribution in [2.75, 3.05) is 0 Å². The Morgan fingerprint density at radius 3 is 2.42 bits per heavy atom. The van der Waals surface area contributed by atoms with Gasteiger partial charge in [0, 0.05) is 11.5 Å². The van der Waals surface area contributed by atoms with Gasteiger partial charge in [0.05, 0.1) is 4.90 Å². The van der Waals surface area contributed by atoms with Crippen molar-refractivity contribution in [1.29, 1.82) is 0 Å². The van der Waals surface area contributed by atoms with Crippen LogP contribution in [-0.2, 0) is 9.84 Å². The quantitative estimate of drug-likeness (QED) is 0.716. The van der Waals surface area contributed by atoms with Crippen molar-refractivity contribution in [3.05, 3.63) is 60.2 Å². The van der Waals surface area contributed by atoms with E-state index in [1.165, 1.54) is 0 Å². The maximum absolute atomic E-state index is 12.4. The Morgan fingerprint density at radius 1 is 0.947 bits per heavy atom. The van der Waals surface area contributed by atoms with Gasteiger partial charge in [0.15, 0.2) is 0 Å². The van der Waals surface area contributed by atoms with Crippen LogP contribution in [0.25, 0.3) is 11.0 Å². The first-order valence-electron chi connectivity index (χ1n) is 5.88. The zero-order valence-corrected chi connectivity index (χ0v) is 11.1. The lowest BCUT2D eigenvalue weighted by atomic mass is 10.2. The third-order valence-electron chi connectivity index (χ3n) is 2.97. The van der Waals surface area contributed by atoms with Gasteiger partial charge in [-0.2, -0.15) is 0 Å². The van der Waals surface area contributed by atoms with Crippen molar-refractivity contribution in [3.8, 4) is 0 Å². The lowest BCUT2D eigenvalue weighted by Gasteiger charge is -1.99. The van der Waals surface area contributed by atoms with Crippen LogP contribution in [0.2, 0.25) is 0 Å². The van der Waals surface area contributed by atoms with E-state index in [9.17, 15) is 8.42 Å². The summed E-state index contributed by atoms with van der Waals surface area (Å²) >= 11 is 0. The average molecular weight is 272 g/mol. The molecule has 3 aromatic rings. The molecule has 1 aromatic heterocycles. The largest absolute Gasteiger partial charge is 0.444 e. The van der Waals surface area contributed by atoms with E-state index in [1.807, 2.05) is 25.1 Å². The predicted octanol–water partition coefficient (Wildman–Crippen LogP) is 3.57. The summed E-state index contributed by atoms with van der Waals surface area (Å²) in [6.07, 6.45) is 0. The van der Waals surface area contributed by atoms with Crippen LogP contribution < -0.4 is 0 Å². The van der Waals surface area contributed by atoms with E-state index in [0.29, 0.717) is 5.58 Å². The highest BCUT2D eigenvalue weighted by Gasteiger charge is 2.21. The number of benzene rings is 2. The molecular formula is C15H12O3S. The molecule has 96 valence electrons. The number of hydrogen-bond acceptors (Lipinski definition) is 3. The summed E-state index contributed by atoms with van der Waals surface area (Å²) in [6, 6.07) is 15.5. The maximum atomic E-state index is 12.4. The molecule has 0 aliphatic heterocycles. The highest BCUT2D eigenvalue weighted by Crippen LogP contribution is 2.27. The zero-order valence-electron chi connectivity index (χ0n) is 10.3. The molecule has 0 amide bonds. The Kier molecular flexibility index (Phi) is 2.68. The first-order valence-corrected chi connectivity index (χ1v) is 7.36. The van der Waals surface area contributed by atoms with Gasteiger partial charge < -0.3 is 4.42 Å². The van der Waals surface area contributed by atoms with Crippen LogP contribution >= 0.6 is 0 Å². The number of furan rings is 1. The summed E-state index contributed by atoms with van der Waals surface area (Å²) in [6.45, 7) is 1.94. The Balaban J connectivity index is 2.19. The smallest absolute Gasteiger partial charge is 0.239 e. The fraction of sp³-hybridized carbons (Fsp3) is 0.0667. The molecule has 0 aliphatic rings. The van der Waals surface area contributed by atoms with Crippen molar-refractivity contribution in [1.82, 2.24) is 0 Å². The minimum atomic E-state index is -3.58. The standard InChI is InChI=1S/C15H12O3S/c1-11-7-8-12-10-15(18-14(12)9-11)19(16,17)13-5-3-2-4-6-13/h2-10H,1H3. The molecule has 0 spiro atoms. The number of fused-ring (bicyclic) bond motifs is 1. The SMILES string of the molecule is Cc1ccc2cc(S(=O)(=O)c3ccccc3)oc2c1. The van der Waals surface area contributed by atoms with Crippen LogP contribution in [0.5, 0.6) is 0 Å². The van der Waals surface area contributed by atoms with Crippen LogP contribution in [0.3, 0.4) is 0 Å². The number of hydrogen-bond donors (Lipinski definition) is 0. The first kappa shape index (κ1) is 12.0. The second-order valence-corrected chi connectivity index (χ2v) is 6.30. The van der Waals surface area contributed by atoms with Crippen LogP contribution in [0.1, 0.15) is 5.56 Å². The Hall–Kier alpha value is -2.07. The third-order valence-corrected chi connectivity index (χ3v) is 4.60. The Bertz CT molecular complexity index is 830. The summed E-state index contributed by atoms with van der Waals surface area (Å²) in [7, 11) is -3.58. The van der Waals surface area contributed by atoms with Gasteiger partial charge in [-0.25, -0.2) is 8.42 Å². The number of rotatable bonds is 2. The molecule has 3 rings (SSSR count). The molecule has 19 heavy (non-hydrogen) atoms. The van der Waals surface area contributed by atoms with Crippen molar-refractivity contribution in [2.24, 2.45) is 0 Å². The van der Waals surface area contributed by atoms with Crippen molar-refractivity contribution in [2.45, 2.75) is 16.9 Å². The van der Waals surface area contributed by atoms with E-state index < -0.39 is 9.84 Å². The molecule has 0 unspecified atom stereocenters. The summed E-state index contributed by atoms with van der Waals surface area (Å²) in [5.41, 5.74) is 1.63. The normalized spacial score (nSPS) is 11.8. The molecule has 0 atom stereocenters. The van der Waals surface area contributed by atoms with Crippen LogP contribution in [0, 0.1) is 6.92 Å². The second kappa shape index (κ2) is 4.24. The van der Waals surface area contributed by atoms with Gasteiger partial charge in [0.25, 0.3) is 0 Å². The first-order chi connectivity index (χ1) is 9.07. The topological polar surface area (TPSA) is 47.3 Å². The van der Waals surface area contributed by atoms with Crippen molar-refractivity contribution in [3.63, 3.8) is 0 Å². The predicted molar refractivity (Wildman–Crippen MR) is 72.8 cm³/mol. The van der Waals surface area contributed by atoms with E-state index >= 15 is 0 Å². The monoisotopic (exact) mass is 272 g/mol. The summed E-state index contributed by atoms with van der Waals surface area (Å²) in [4.78, 5) is 0.241. The van der Waals surface area contributed by atoms with Gasteiger partial charge in [0.1, 0.15) is 5.58 Å². The van der Waals surface area contributed by atoms with Gasteiger partial charge in [-0.15, -0.1) is 0 Å². The van der Waals surface area contributed by atoms with E-state index in [4.69, 9.17) is 4.42 Å². The maximum Gasteiger partial charge on any atom is 0.239 e. The lowest BCUT2D eigenvalue weighted by molar-refractivity contribution is 0.481. The fourth-order valence-corrected chi connectivity index (χ4v) is 3.19. The summed E-state index contributed by atoms with van der Waals surface area (Å²) in [5.74, 6) is 0. The van der Waals surface area contributed by atoms with Crippen molar-refractivity contribution < 1.29 is 12.8 Å². The molecule has 3 nitrogen and oxygen atoms in total. The van der Waals surface area contributed by atoms with Gasteiger partial charge in [-0.05, 0) is 30.7 Å². The van der Waals surface area contributed by atoms with Crippen LogP contribution in [0.4, 0.5) is 0 Å².